The van der Waals surface area contributed by atoms with Crippen LogP contribution in [0, 0.1) is 0 Å². The first-order chi connectivity index (χ1) is 9.15. The zero-order chi connectivity index (χ0) is 13.8. The highest BCUT2D eigenvalue weighted by Gasteiger charge is 2.23. The van der Waals surface area contributed by atoms with Gasteiger partial charge in [-0.25, -0.2) is 4.79 Å². The van der Waals surface area contributed by atoms with Gasteiger partial charge < -0.3 is 14.6 Å². The summed E-state index contributed by atoms with van der Waals surface area (Å²) >= 11 is 0. The molecule has 19 heavy (non-hydrogen) atoms. The van der Waals surface area contributed by atoms with Gasteiger partial charge in [0.1, 0.15) is 11.3 Å². The van der Waals surface area contributed by atoms with E-state index in [0.29, 0.717) is 17.2 Å². The number of carbonyl (C=O) groups is 1. The van der Waals surface area contributed by atoms with E-state index >= 15 is 0 Å². The summed E-state index contributed by atoms with van der Waals surface area (Å²) in [4.78, 5) is 11.7. The maximum atomic E-state index is 11.7. The first kappa shape index (κ1) is 13.9. The average molecular weight is 264 g/mol. The van der Waals surface area contributed by atoms with Gasteiger partial charge in [0.2, 0.25) is 0 Å². The molecule has 1 aliphatic rings. The molecule has 0 radical (unpaired) electrons. The third-order valence-electron chi connectivity index (χ3n) is 3.80. The molecule has 0 saturated heterocycles. The molecule has 0 unspecified atom stereocenters. The van der Waals surface area contributed by atoms with Crippen LogP contribution in [0.15, 0.2) is 18.2 Å². The van der Waals surface area contributed by atoms with Crippen LogP contribution in [0.25, 0.3) is 0 Å². The highest BCUT2D eigenvalue weighted by atomic mass is 16.5. The molecule has 1 aromatic carbocycles. The van der Waals surface area contributed by atoms with E-state index in [9.17, 15) is 9.90 Å². The summed E-state index contributed by atoms with van der Waals surface area (Å²) in [5.41, 5.74) is 1.58. The van der Waals surface area contributed by atoms with E-state index in [2.05, 4.69) is 0 Å². The minimum Gasteiger partial charge on any atom is -0.496 e. The lowest BCUT2D eigenvalue weighted by atomic mass is 9.82. The van der Waals surface area contributed by atoms with Crippen molar-refractivity contribution < 1.29 is 19.4 Å². The molecule has 0 amide bonds. The van der Waals surface area contributed by atoms with Crippen LogP contribution < -0.4 is 4.74 Å². The van der Waals surface area contributed by atoms with Gasteiger partial charge in [0.05, 0.1) is 20.3 Å². The molecular formula is C15H20O4. The van der Waals surface area contributed by atoms with Gasteiger partial charge in [-0.3, -0.25) is 0 Å². The second-order valence-corrected chi connectivity index (χ2v) is 4.96. The van der Waals surface area contributed by atoms with E-state index in [1.165, 1.54) is 7.11 Å². The molecule has 1 aliphatic carbocycles. The van der Waals surface area contributed by atoms with Crippen molar-refractivity contribution in [3.8, 4) is 5.75 Å². The van der Waals surface area contributed by atoms with Crippen molar-refractivity contribution >= 4 is 5.97 Å². The molecule has 104 valence electrons. The Morgan fingerprint density at radius 3 is 2.47 bits per heavy atom. The number of hydrogen-bond donors (Lipinski definition) is 1. The summed E-state index contributed by atoms with van der Waals surface area (Å²) in [7, 11) is 2.91. The average Bonchev–Trinajstić information content (AvgIpc) is 2.46. The predicted octanol–water partition coefficient (Wildman–Crippen LogP) is 2.50. The molecule has 0 spiro atoms. The van der Waals surface area contributed by atoms with Gasteiger partial charge in [-0.1, -0.05) is 6.07 Å². The summed E-state index contributed by atoms with van der Waals surface area (Å²) in [5.74, 6) is 0.554. The number of methoxy groups -OCH3 is 2. The minimum atomic E-state index is -0.380. The maximum Gasteiger partial charge on any atom is 0.341 e. The number of esters is 1. The van der Waals surface area contributed by atoms with E-state index in [4.69, 9.17) is 9.47 Å². The largest absolute Gasteiger partial charge is 0.496 e. The van der Waals surface area contributed by atoms with E-state index in [0.717, 1.165) is 31.2 Å². The zero-order valence-corrected chi connectivity index (χ0v) is 11.4. The number of benzene rings is 1. The Hall–Kier alpha value is -1.55. The molecule has 0 bridgehead atoms. The molecule has 0 atom stereocenters. The topological polar surface area (TPSA) is 55.8 Å². The van der Waals surface area contributed by atoms with E-state index in [1.54, 1.807) is 7.11 Å². The fraction of sp³-hybridized carbons (Fsp3) is 0.533. The van der Waals surface area contributed by atoms with Gasteiger partial charge >= 0.3 is 5.97 Å². The summed E-state index contributed by atoms with van der Waals surface area (Å²) in [6.45, 7) is 0. The lowest BCUT2D eigenvalue weighted by Crippen LogP contribution is -2.17. The van der Waals surface area contributed by atoms with Crippen molar-refractivity contribution in [2.24, 2.45) is 0 Å². The van der Waals surface area contributed by atoms with Crippen LogP contribution in [0.2, 0.25) is 0 Å². The van der Waals surface area contributed by atoms with Gasteiger partial charge in [0.15, 0.2) is 0 Å². The Morgan fingerprint density at radius 1 is 1.21 bits per heavy atom. The molecule has 0 aliphatic heterocycles. The Bertz CT molecular complexity index is 447. The first-order valence-corrected chi connectivity index (χ1v) is 6.60. The highest BCUT2D eigenvalue weighted by Crippen LogP contribution is 2.34. The number of rotatable bonds is 3. The van der Waals surface area contributed by atoms with Crippen LogP contribution in [0.1, 0.15) is 47.5 Å². The molecule has 1 aromatic rings. The normalized spacial score (nSPS) is 22.9. The van der Waals surface area contributed by atoms with Gasteiger partial charge in [0, 0.05) is 0 Å². The summed E-state index contributed by atoms with van der Waals surface area (Å²) in [6, 6.07) is 5.66. The Kier molecular flexibility index (Phi) is 4.43. The Balaban J connectivity index is 2.25. The number of ether oxygens (including phenoxy) is 2. The number of aliphatic hydroxyl groups is 1. The van der Waals surface area contributed by atoms with Gasteiger partial charge in [-0.15, -0.1) is 0 Å². The third-order valence-corrected chi connectivity index (χ3v) is 3.80. The van der Waals surface area contributed by atoms with Crippen molar-refractivity contribution in [1.82, 2.24) is 0 Å². The standard InChI is InChI=1S/C15H20O4/c1-18-14-8-5-11(9-13(14)15(17)19-2)10-3-6-12(16)7-4-10/h5,8-10,12,16H,3-4,6-7H2,1-2H3. The van der Waals surface area contributed by atoms with Gasteiger partial charge in [-0.2, -0.15) is 0 Å². The summed E-state index contributed by atoms with van der Waals surface area (Å²) in [6.07, 6.45) is 3.38. The maximum absolute atomic E-state index is 11.7. The van der Waals surface area contributed by atoms with Crippen LogP contribution in [-0.2, 0) is 4.74 Å². The second-order valence-electron chi connectivity index (χ2n) is 4.96. The highest BCUT2D eigenvalue weighted by molar-refractivity contribution is 5.92. The quantitative estimate of drug-likeness (QED) is 0.852. The second kappa shape index (κ2) is 6.06. The number of hydrogen-bond acceptors (Lipinski definition) is 4. The Labute approximate surface area is 113 Å². The van der Waals surface area contributed by atoms with Crippen LogP contribution in [0.4, 0.5) is 0 Å². The van der Waals surface area contributed by atoms with E-state index in [1.807, 2.05) is 18.2 Å². The first-order valence-electron chi connectivity index (χ1n) is 6.60. The monoisotopic (exact) mass is 264 g/mol. The van der Waals surface area contributed by atoms with Crippen molar-refractivity contribution in [3.05, 3.63) is 29.3 Å². The molecule has 4 heteroatoms. The van der Waals surface area contributed by atoms with E-state index in [-0.39, 0.29) is 12.1 Å². The number of aliphatic hydroxyl groups excluding tert-OH is 1. The molecule has 1 N–H and O–H groups in total. The van der Waals surface area contributed by atoms with E-state index < -0.39 is 0 Å². The molecule has 0 heterocycles. The zero-order valence-electron chi connectivity index (χ0n) is 11.4. The molecule has 1 fully saturated rings. The lowest BCUT2D eigenvalue weighted by molar-refractivity contribution is 0.0596. The SMILES string of the molecule is COC(=O)c1cc(C2CCC(O)CC2)ccc1OC. The minimum absolute atomic E-state index is 0.172. The fourth-order valence-electron chi connectivity index (χ4n) is 2.66. The molecule has 1 saturated carbocycles. The van der Waals surface area contributed by atoms with Crippen molar-refractivity contribution in [2.75, 3.05) is 14.2 Å². The van der Waals surface area contributed by atoms with Crippen molar-refractivity contribution in [2.45, 2.75) is 37.7 Å². The molecular weight excluding hydrogens is 244 g/mol. The molecule has 2 rings (SSSR count). The van der Waals surface area contributed by atoms with Crippen LogP contribution in [0.5, 0.6) is 5.75 Å². The fourth-order valence-corrected chi connectivity index (χ4v) is 2.66. The number of carbonyl (C=O) groups excluding carboxylic acids is 1. The van der Waals surface area contributed by atoms with Gasteiger partial charge in [-0.05, 0) is 49.3 Å². The lowest BCUT2D eigenvalue weighted by Gasteiger charge is -2.26. The smallest absolute Gasteiger partial charge is 0.341 e. The summed E-state index contributed by atoms with van der Waals surface area (Å²) in [5, 5.41) is 9.54. The van der Waals surface area contributed by atoms with Crippen molar-refractivity contribution in [3.63, 3.8) is 0 Å². The molecule has 0 aromatic heterocycles. The summed E-state index contributed by atoms with van der Waals surface area (Å²) < 4.78 is 9.97. The van der Waals surface area contributed by atoms with Crippen LogP contribution >= 0.6 is 0 Å². The Morgan fingerprint density at radius 2 is 1.89 bits per heavy atom. The predicted molar refractivity (Wildman–Crippen MR) is 71.5 cm³/mol. The van der Waals surface area contributed by atoms with Gasteiger partial charge in [0.25, 0.3) is 0 Å². The van der Waals surface area contributed by atoms with Crippen LogP contribution in [0.3, 0.4) is 0 Å². The van der Waals surface area contributed by atoms with Crippen LogP contribution in [-0.4, -0.2) is 31.4 Å². The molecule has 4 nitrogen and oxygen atoms in total. The third kappa shape index (κ3) is 3.07. The van der Waals surface area contributed by atoms with Crippen molar-refractivity contribution in [1.29, 1.82) is 0 Å².